The van der Waals surface area contributed by atoms with E-state index < -0.39 is 0 Å². The highest BCUT2D eigenvalue weighted by Crippen LogP contribution is 2.34. The van der Waals surface area contributed by atoms with Crippen molar-refractivity contribution in [1.29, 1.82) is 5.26 Å². The van der Waals surface area contributed by atoms with Crippen molar-refractivity contribution >= 4 is 28.2 Å². The van der Waals surface area contributed by atoms with Gasteiger partial charge in [0, 0.05) is 29.2 Å². The maximum absolute atomic E-state index is 9.73. The van der Waals surface area contributed by atoms with E-state index in [4.69, 9.17) is 0 Å². The molecule has 3 aromatic rings. The van der Waals surface area contributed by atoms with Gasteiger partial charge < -0.3 is 4.90 Å². The SMILES string of the molecule is C=CCN(C/C(=C/C)SC=C)c1ccc(C#N)c(-c2cccc3ccccc23)c1. The van der Waals surface area contributed by atoms with Crippen LogP contribution in [-0.2, 0) is 0 Å². The van der Waals surface area contributed by atoms with Crippen LogP contribution in [-0.4, -0.2) is 13.1 Å². The van der Waals surface area contributed by atoms with Gasteiger partial charge >= 0.3 is 0 Å². The zero-order valence-electron chi connectivity index (χ0n) is 16.6. The van der Waals surface area contributed by atoms with E-state index in [9.17, 15) is 5.26 Å². The lowest BCUT2D eigenvalue weighted by atomic mass is 9.94. The average Bonchev–Trinajstić information content (AvgIpc) is 2.77. The molecular weight excluding hydrogens is 372 g/mol. The van der Waals surface area contributed by atoms with E-state index in [1.165, 1.54) is 10.3 Å². The van der Waals surface area contributed by atoms with Gasteiger partial charge in [-0.3, -0.25) is 0 Å². The van der Waals surface area contributed by atoms with Gasteiger partial charge in [-0.05, 0) is 46.9 Å². The Bertz CT molecular complexity index is 1100. The lowest BCUT2D eigenvalue weighted by Gasteiger charge is -2.25. The van der Waals surface area contributed by atoms with Crippen molar-refractivity contribution in [1.82, 2.24) is 0 Å². The first-order valence-electron chi connectivity index (χ1n) is 9.52. The van der Waals surface area contributed by atoms with Crippen molar-refractivity contribution in [2.75, 3.05) is 18.0 Å². The lowest BCUT2D eigenvalue weighted by Crippen LogP contribution is -2.25. The summed E-state index contributed by atoms with van der Waals surface area (Å²) in [6.07, 6.45) is 4.01. The monoisotopic (exact) mass is 396 g/mol. The second kappa shape index (κ2) is 9.82. The van der Waals surface area contributed by atoms with E-state index in [2.05, 4.69) is 60.5 Å². The third-order valence-corrected chi connectivity index (χ3v) is 5.66. The van der Waals surface area contributed by atoms with E-state index in [1.54, 1.807) is 11.8 Å². The quantitative estimate of drug-likeness (QED) is 0.378. The maximum Gasteiger partial charge on any atom is 0.0998 e. The molecule has 0 N–H and O–H groups in total. The van der Waals surface area contributed by atoms with Crippen LogP contribution in [0.3, 0.4) is 0 Å². The first-order chi connectivity index (χ1) is 14.2. The molecule has 144 valence electrons. The second-order valence-corrected chi connectivity index (χ2v) is 7.67. The molecule has 0 saturated heterocycles. The van der Waals surface area contributed by atoms with Gasteiger partial charge in [-0.1, -0.05) is 61.2 Å². The molecular formula is C26H24N2S. The Kier molecular flexibility index (Phi) is 6.94. The minimum atomic E-state index is 0.676. The van der Waals surface area contributed by atoms with Crippen LogP contribution in [0, 0.1) is 11.3 Å². The highest BCUT2D eigenvalue weighted by atomic mass is 32.2. The van der Waals surface area contributed by atoms with Gasteiger partial charge in [-0.2, -0.15) is 5.26 Å². The molecule has 0 amide bonds. The first-order valence-corrected chi connectivity index (χ1v) is 10.4. The summed E-state index contributed by atoms with van der Waals surface area (Å²) in [6.45, 7) is 11.3. The summed E-state index contributed by atoms with van der Waals surface area (Å²) in [5, 5.41) is 13.9. The third-order valence-electron chi connectivity index (χ3n) is 4.82. The van der Waals surface area contributed by atoms with Gasteiger partial charge in [-0.25, -0.2) is 0 Å². The van der Waals surface area contributed by atoms with Gasteiger partial charge in [0.2, 0.25) is 0 Å². The molecule has 0 aromatic heterocycles. The van der Waals surface area contributed by atoms with Crippen molar-refractivity contribution in [3.8, 4) is 17.2 Å². The molecule has 3 rings (SSSR count). The van der Waals surface area contributed by atoms with Crippen molar-refractivity contribution in [2.24, 2.45) is 0 Å². The van der Waals surface area contributed by atoms with E-state index >= 15 is 0 Å². The van der Waals surface area contributed by atoms with Crippen LogP contribution in [0.2, 0.25) is 0 Å². The van der Waals surface area contributed by atoms with E-state index in [0.29, 0.717) is 5.56 Å². The zero-order chi connectivity index (χ0) is 20.6. The average molecular weight is 397 g/mol. The predicted octanol–water partition coefficient (Wildman–Crippen LogP) is 7.15. The number of hydrogen-bond acceptors (Lipinski definition) is 3. The van der Waals surface area contributed by atoms with Crippen molar-refractivity contribution in [3.63, 3.8) is 0 Å². The maximum atomic E-state index is 9.73. The van der Waals surface area contributed by atoms with Crippen LogP contribution >= 0.6 is 11.8 Å². The molecule has 0 spiro atoms. The molecule has 29 heavy (non-hydrogen) atoms. The van der Waals surface area contributed by atoms with Crippen LogP contribution in [0.15, 0.2) is 96.3 Å². The number of benzene rings is 3. The molecule has 0 unspecified atom stereocenters. The highest BCUT2D eigenvalue weighted by molar-refractivity contribution is 8.05. The second-order valence-electron chi connectivity index (χ2n) is 6.58. The van der Waals surface area contributed by atoms with Crippen molar-refractivity contribution in [3.05, 3.63) is 102 Å². The molecule has 0 saturated carbocycles. The normalized spacial score (nSPS) is 11.1. The largest absolute Gasteiger partial charge is 0.363 e. The number of fused-ring (bicyclic) bond motifs is 1. The topological polar surface area (TPSA) is 27.0 Å². The van der Waals surface area contributed by atoms with Gasteiger partial charge in [0.15, 0.2) is 0 Å². The van der Waals surface area contributed by atoms with Gasteiger partial charge in [0.1, 0.15) is 0 Å². The van der Waals surface area contributed by atoms with E-state index in [1.807, 2.05) is 48.7 Å². The summed E-state index contributed by atoms with van der Waals surface area (Å²) >= 11 is 1.63. The first kappa shape index (κ1) is 20.5. The molecule has 2 nitrogen and oxygen atoms in total. The zero-order valence-corrected chi connectivity index (χ0v) is 17.5. The Morgan fingerprint density at radius 2 is 1.86 bits per heavy atom. The fourth-order valence-corrected chi connectivity index (χ4v) is 4.00. The van der Waals surface area contributed by atoms with Crippen LogP contribution in [0.4, 0.5) is 5.69 Å². The predicted molar refractivity (Wildman–Crippen MR) is 128 cm³/mol. The summed E-state index contributed by atoms with van der Waals surface area (Å²) in [5.41, 5.74) is 3.77. The summed E-state index contributed by atoms with van der Waals surface area (Å²) < 4.78 is 0. The molecule has 0 aliphatic rings. The lowest BCUT2D eigenvalue weighted by molar-refractivity contribution is 0.947. The highest BCUT2D eigenvalue weighted by Gasteiger charge is 2.13. The molecule has 0 fully saturated rings. The molecule has 0 bridgehead atoms. The Hall–Kier alpha value is -3.22. The van der Waals surface area contributed by atoms with Crippen molar-refractivity contribution < 1.29 is 0 Å². The fraction of sp³-hybridized carbons (Fsp3) is 0.115. The van der Waals surface area contributed by atoms with Crippen LogP contribution in [0.1, 0.15) is 12.5 Å². The van der Waals surface area contributed by atoms with Gasteiger partial charge in [0.25, 0.3) is 0 Å². The fourth-order valence-electron chi connectivity index (χ4n) is 3.42. The smallest absolute Gasteiger partial charge is 0.0998 e. The standard InChI is InChI=1S/C26H24N2S/c1-4-16-28(19-23(5-2)29-6-3)22-15-14-21(18-27)26(17-22)25-13-9-11-20-10-7-8-12-24(20)25/h4-15,17H,1,3,16,19H2,2H3/b23-5-. The number of hydrogen-bond donors (Lipinski definition) is 0. The van der Waals surface area contributed by atoms with Crippen LogP contribution in [0.5, 0.6) is 0 Å². The molecule has 3 aromatic carbocycles. The third kappa shape index (κ3) is 4.62. The molecule has 0 aliphatic carbocycles. The molecule has 0 aliphatic heterocycles. The van der Waals surface area contributed by atoms with Gasteiger partial charge in [0.05, 0.1) is 11.6 Å². The molecule has 0 atom stereocenters. The minimum Gasteiger partial charge on any atom is -0.363 e. The van der Waals surface area contributed by atoms with E-state index in [-0.39, 0.29) is 0 Å². The van der Waals surface area contributed by atoms with E-state index in [0.717, 1.165) is 35.3 Å². The summed E-state index contributed by atoms with van der Waals surface area (Å²) in [5.74, 6) is 0. The number of rotatable bonds is 8. The Morgan fingerprint density at radius 1 is 1.07 bits per heavy atom. The summed E-state index contributed by atoms with van der Waals surface area (Å²) in [7, 11) is 0. The Morgan fingerprint density at radius 3 is 2.59 bits per heavy atom. The summed E-state index contributed by atoms with van der Waals surface area (Å²) in [6, 6.07) is 22.9. The van der Waals surface area contributed by atoms with Crippen LogP contribution < -0.4 is 4.90 Å². The number of allylic oxidation sites excluding steroid dienone is 1. The Labute approximate surface area is 177 Å². The molecule has 0 heterocycles. The molecule has 0 radical (unpaired) electrons. The van der Waals surface area contributed by atoms with Gasteiger partial charge in [-0.15, -0.1) is 18.3 Å². The number of nitrogens with zero attached hydrogens (tertiary/aromatic N) is 2. The number of nitriles is 1. The van der Waals surface area contributed by atoms with Crippen molar-refractivity contribution in [2.45, 2.75) is 6.92 Å². The number of thioether (sulfide) groups is 1. The Balaban J connectivity index is 2.11. The van der Waals surface area contributed by atoms with Crippen LogP contribution in [0.25, 0.3) is 21.9 Å². The number of anilines is 1. The molecule has 3 heteroatoms. The summed E-state index contributed by atoms with van der Waals surface area (Å²) in [4.78, 5) is 3.48. The minimum absolute atomic E-state index is 0.676.